The summed E-state index contributed by atoms with van der Waals surface area (Å²) in [6.45, 7) is 2.06. The lowest BCUT2D eigenvalue weighted by Gasteiger charge is -2.20. The van der Waals surface area contributed by atoms with E-state index in [4.69, 9.17) is 0 Å². The van der Waals surface area contributed by atoms with Gasteiger partial charge in [-0.15, -0.1) is 0 Å². The molecule has 0 aliphatic heterocycles. The van der Waals surface area contributed by atoms with E-state index in [9.17, 15) is 35.1 Å². The first-order valence-corrected chi connectivity index (χ1v) is 14.4. The number of unbranched alkanes of at least 4 members (excludes halogenated alkanes) is 2. The summed E-state index contributed by atoms with van der Waals surface area (Å²) >= 11 is 0. The van der Waals surface area contributed by atoms with E-state index in [2.05, 4.69) is 11.7 Å². The van der Waals surface area contributed by atoms with Crippen LogP contribution in [0.25, 0.3) is 33.4 Å². The van der Waals surface area contributed by atoms with E-state index in [1.807, 2.05) is 0 Å². The fraction of sp³-hybridized carbons (Fsp3) is 0.167. The van der Waals surface area contributed by atoms with Crippen LogP contribution in [0.2, 0.25) is 0 Å². The summed E-state index contributed by atoms with van der Waals surface area (Å²) in [6.07, 6.45) is -1.15. The smallest absolute Gasteiger partial charge is 0.429 e. The van der Waals surface area contributed by atoms with Gasteiger partial charge in [0.15, 0.2) is 17.5 Å². The fourth-order valence-electron chi connectivity index (χ4n) is 5.16. The van der Waals surface area contributed by atoms with E-state index in [-0.39, 0.29) is 34.4 Å². The van der Waals surface area contributed by atoms with Crippen molar-refractivity contribution < 1.29 is 48.6 Å². The maximum atomic E-state index is 15.2. The molecule has 0 saturated carbocycles. The maximum Gasteiger partial charge on any atom is 0.432 e. The highest BCUT2D eigenvalue weighted by Crippen LogP contribution is 2.39. The van der Waals surface area contributed by atoms with Crippen molar-refractivity contribution in [2.24, 2.45) is 0 Å². The zero-order valence-electron chi connectivity index (χ0n) is 24.5. The molecule has 5 aromatic carbocycles. The molecule has 0 radical (unpaired) electrons. The molecule has 5 aromatic rings. The minimum atomic E-state index is -4.82. The second kappa shape index (κ2) is 13.5. The third-order valence-electron chi connectivity index (χ3n) is 7.51. The Morgan fingerprint density at radius 1 is 0.511 bits per heavy atom. The first-order valence-electron chi connectivity index (χ1n) is 14.4. The molecule has 1 nitrogen and oxygen atoms in total. The van der Waals surface area contributed by atoms with Crippen LogP contribution in [0.5, 0.6) is 5.75 Å². The average molecular weight is 663 g/mol. The molecule has 0 bridgehead atoms. The van der Waals surface area contributed by atoms with Gasteiger partial charge in [0.2, 0.25) is 0 Å². The molecule has 0 unspecified atom stereocenters. The first kappa shape index (κ1) is 33.6. The summed E-state index contributed by atoms with van der Waals surface area (Å²) in [5, 5.41) is 0. The molecule has 0 N–H and O–H groups in total. The van der Waals surface area contributed by atoms with Crippen molar-refractivity contribution in [3.05, 3.63) is 137 Å². The Kier molecular flexibility index (Phi) is 9.65. The van der Waals surface area contributed by atoms with Crippen LogP contribution in [0.15, 0.2) is 78.9 Å². The summed E-state index contributed by atoms with van der Waals surface area (Å²) in [4.78, 5) is 0. The van der Waals surface area contributed by atoms with Gasteiger partial charge in [-0.05, 0) is 65.4 Å². The Balaban J connectivity index is 1.39. The summed E-state index contributed by atoms with van der Waals surface area (Å²) in [7, 11) is 0. The number of halogens is 10. The van der Waals surface area contributed by atoms with Gasteiger partial charge in [0.05, 0.1) is 0 Å². The zero-order chi connectivity index (χ0) is 34.0. The molecule has 0 aliphatic rings. The van der Waals surface area contributed by atoms with Gasteiger partial charge in [-0.2, -0.15) is 8.78 Å². The third kappa shape index (κ3) is 7.13. The highest BCUT2D eigenvalue weighted by atomic mass is 19.3. The van der Waals surface area contributed by atoms with Gasteiger partial charge in [-0.25, -0.2) is 35.1 Å². The van der Waals surface area contributed by atoms with Gasteiger partial charge in [0.1, 0.15) is 40.4 Å². The Bertz CT molecular complexity index is 1910. The van der Waals surface area contributed by atoms with Gasteiger partial charge < -0.3 is 4.74 Å². The van der Waals surface area contributed by atoms with Crippen molar-refractivity contribution in [1.29, 1.82) is 0 Å². The molecule has 47 heavy (non-hydrogen) atoms. The standard InChI is InChI=1S/C36H24F10O/c1-2-3-4-5-19-6-9-24(27(37)12-19)20-7-10-25(28(38)13-20)21-8-11-26(29(39)14-21)22-15-30(40)34(31(41)16-22)36(45,46)47-23-17-32(42)35(44)33(43)18-23/h6-18H,2-5H2,1H3. The van der Waals surface area contributed by atoms with Crippen molar-refractivity contribution in [2.45, 2.75) is 38.7 Å². The number of alkyl halides is 2. The van der Waals surface area contributed by atoms with Crippen LogP contribution in [0.1, 0.15) is 37.3 Å². The molecule has 11 heteroatoms. The predicted molar refractivity (Wildman–Crippen MR) is 157 cm³/mol. The second-order valence-corrected chi connectivity index (χ2v) is 10.8. The van der Waals surface area contributed by atoms with E-state index < -0.39 is 75.1 Å². The zero-order valence-corrected chi connectivity index (χ0v) is 24.5. The molecule has 0 spiro atoms. The van der Waals surface area contributed by atoms with Crippen LogP contribution in [0.3, 0.4) is 0 Å². The summed E-state index contributed by atoms with van der Waals surface area (Å²) < 4.78 is 148. The lowest BCUT2D eigenvalue weighted by Crippen LogP contribution is -2.25. The molecule has 244 valence electrons. The van der Waals surface area contributed by atoms with Crippen molar-refractivity contribution in [3.8, 4) is 39.1 Å². The molecule has 0 heterocycles. The molecule has 0 aromatic heterocycles. The maximum absolute atomic E-state index is 15.2. The average Bonchev–Trinajstić information content (AvgIpc) is 2.99. The minimum absolute atomic E-state index is 0.0262. The van der Waals surface area contributed by atoms with Crippen LogP contribution in [0.4, 0.5) is 43.9 Å². The summed E-state index contributed by atoms with van der Waals surface area (Å²) in [6, 6.07) is 12.7. The highest BCUT2D eigenvalue weighted by Gasteiger charge is 2.41. The van der Waals surface area contributed by atoms with Gasteiger partial charge >= 0.3 is 6.11 Å². The Morgan fingerprint density at radius 3 is 1.47 bits per heavy atom. The van der Waals surface area contributed by atoms with E-state index >= 15 is 8.78 Å². The monoisotopic (exact) mass is 662 g/mol. The van der Waals surface area contributed by atoms with E-state index in [1.165, 1.54) is 24.3 Å². The van der Waals surface area contributed by atoms with Crippen molar-refractivity contribution in [3.63, 3.8) is 0 Å². The normalized spacial score (nSPS) is 11.6. The van der Waals surface area contributed by atoms with E-state index in [1.54, 1.807) is 12.1 Å². The SMILES string of the molecule is CCCCCc1ccc(-c2ccc(-c3ccc(-c4cc(F)c(C(F)(F)Oc5cc(F)c(F)c(F)c5)c(F)c4)c(F)c3)c(F)c2)c(F)c1. The lowest BCUT2D eigenvalue weighted by molar-refractivity contribution is -0.189. The number of hydrogen-bond acceptors (Lipinski definition) is 1. The molecule has 0 saturated heterocycles. The minimum Gasteiger partial charge on any atom is -0.429 e. The van der Waals surface area contributed by atoms with Crippen LogP contribution in [-0.2, 0) is 12.5 Å². The molecular weight excluding hydrogens is 638 g/mol. The third-order valence-corrected chi connectivity index (χ3v) is 7.51. The number of ether oxygens (including phenoxy) is 1. The predicted octanol–water partition coefficient (Wildman–Crippen LogP) is 11.7. The van der Waals surface area contributed by atoms with Gasteiger partial charge in [-0.1, -0.05) is 56.2 Å². The number of aryl methyl sites for hydroxylation is 1. The molecule has 0 atom stereocenters. The van der Waals surface area contributed by atoms with Crippen molar-refractivity contribution >= 4 is 0 Å². The topological polar surface area (TPSA) is 9.23 Å². The molecule has 0 amide bonds. The second-order valence-electron chi connectivity index (χ2n) is 10.8. The van der Waals surface area contributed by atoms with Crippen LogP contribution < -0.4 is 4.74 Å². The molecular formula is C36H24F10O. The Morgan fingerprint density at radius 2 is 0.979 bits per heavy atom. The molecule has 0 fully saturated rings. The van der Waals surface area contributed by atoms with Crippen LogP contribution in [-0.4, -0.2) is 0 Å². The van der Waals surface area contributed by atoms with Crippen LogP contribution >= 0.6 is 0 Å². The number of rotatable bonds is 10. The van der Waals surface area contributed by atoms with E-state index in [0.717, 1.165) is 43.0 Å². The molecule has 5 rings (SSSR count). The van der Waals surface area contributed by atoms with Crippen LogP contribution in [0, 0.1) is 46.5 Å². The van der Waals surface area contributed by atoms with Gasteiger partial charge in [0.25, 0.3) is 0 Å². The van der Waals surface area contributed by atoms with Gasteiger partial charge in [0, 0.05) is 28.8 Å². The van der Waals surface area contributed by atoms with Gasteiger partial charge in [-0.3, -0.25) is 0 Å². The fourth-order valence-corrected chi connectivity index (χ4v) is 5.16. The largest absolute Gasteiger partial charge is 0.432 e. The number of hydrogen-bond donors (Lipinski definition) is 0. The number of benzene rings is 5. The Labute approximate surface area is 263 Å². The lowest BCUT2D eigenvalue weighted by atomic mass is 9.95. The quantitative estimate of drug-likeness (QED) is 0.0822. The van der Waals surface area contributed by atoms with Crippen molar-refractivity contribution in [1.82, 2.24) is 0 Å². The highest BCUT2D eigenvalue weighted by molar-refractivity contribution is 5.74. The molecule has 0 aliphatic carbocycles. The first-order chi connectivity index (χ1) is 22.3. The summed E-state index contributed by atoms with van der Waals surface area (Å²) in [5.41, 5.74) is -1.67. The Hall–Kier alpha value is -4.80. The summed E-state index contributed by atoms with van der Waals surface area (Å²) in [5.74, 6) is -13.2. The van der Waals surface area contributed by atoms with Crippen molar-refractivity contribution in [2.75, 3.05) is 0 Å². The van der Waals surface area contributed by atoms with E-state index in [0.29, 0.717) is 18.6 Å².